The van der Waals surface area contributed by atoms with Crippen LogP contribution in [-0.4, -0.2) is 67.7 Å². The van der Waals surface area contributed by atoms with Gasteiger partial charge < -0.3 is 10.6 Å². The molecular weight excluding hydrogens is 476 g/mol. The van der Waals surface area contributed by atoms with Crippen molar-refractivity contribution in [3.05, 3.63) is 48.0 Å². The zero-order valence-corrected chi connectivity index (χ0v) is 21.5. The predicted octanol–water partition coefficient (Wildman–Crippen LogP) is 1.84. The minimum Gasteiger partial charge on any atom is -0.346 e. The predicted molar refractivity (Wildman–Crippen MR) is 140 cm³/mol. The summed E-state index contributed by atoms with van der Waals surface area (Å²) < 4.78 is 24.9. The highest BCUT2D eigenvalue weighted by Crippen LogP contribution is 2.34. The highest BCUT2D eigenvalue weighted by atomic mass is 32.2. The van der Waals surface area contributed by atoms with Gasteiger partial charge in [-0.15, -0.1) is 6.42 Å². The molecule has 1 aliphatic heterocycles. The summed E-state index contributed by atoms with van der Waals surface area (Å²) in [6, 6.07) is 15.0. The van der Waals surface area contributed by atoms with E-state index in [1.54, 1.807) is 0 Å². The van der Waals surface area contributed by atoms with Crippen molar-refractivity contribution in [2.45, 2.75) is 44.2 Å². The molecule has 1 atom stereocenters. The number of fused-ring (bicyclic) bond motifs is 1. The summed E-state index contributed by atoms with van der Waals surface area (Å²) in [5, 5.41) is 7.71. The van der Waals surface area contributed by atoms with Crippen molar-refractivity contribution in [1.29, 1.82) is 0 Å². The fourth-order valence-corrected chi connectivity index (χ4v) is 5.57. The molecule has 1 heterocycles. The molecular formula is C27H34N4O4S. The van der Waals surface area contributed by atoms with Gasteiger partial charge in [0, 0.05) is 12.6 Å². The van der Waals surface area contributed by atoms with Gasteiger partial charge in [0.05, 0.1) is 13.1 Å². The Bertz CT molecular complexity index is 1210. The van der Waals surface area contributed by atoms with E-state index in [1.807, 2.05) is 6.07 Å². The fourth-order valence-electron chi connectivity index (χ4n) is 4.96. The molecule has 0 bridgehead atoms. The topological polar surface area (TPSA) is 98.8 Å². The molecule has 2 aromatic rings. The van der Waals surface area contributed by atoms with E-state index in [1.165, 1.54) is 20.6 Å². The van der Waals surface area contributed by atoms with Crippen LogP contribution in [0, 0.1) is 18.3 Å². The summed E-state index contributed by atoms with van der Waals surface area (Å²) in [6.45, 7) is 3.73. The van der Waals surface area contributed by atoms with Gasteiger partial charge in [-0.2, -0.15) is 4.31 Å². The molecule has 9 heteroatoms. The summed E-state index contributed by atoms with van der Waals surface area (Å²) in [6.07, 6.45) is 8.58. The molecule has 2 amide bonds. The van der Waals surface area contributed by atoms with Gasteiger partial charge in [-0.3, -0.25) is 14.5 Å². The number of nitrogens with zero attached hydrogens (tertiary/aromatic N) is 2. The van der Waals surface area contributed by atoms with E-state index in [-0.39, 0.29) is 31.0 Å². The van der Waals surface area contributed by atoms with Crippen LogP contribution >= 0.6 is 0 Å². The third kappa shape index (κ3) is 6.44. The molecule has 192 valence electrons. The Labute approximate surface area is 214 Å². The van der Waals surface area contributed by atoms with E-state index in [9.17, 15) is 18.0 Å². The number of amides is 2. The van der Waals surface area contributed by atoms with Crippen LogP contribution < -0.4 is 10.6 Å². The number of nitrogens with one attached hydrogen (secondary N) is 2. The second-order valence-corrected chi connectivity index (χ2v) is 10.9. The van der Waals surface area contributed by atoms with Gasteiger partial charge in [-0.1, -0.05) is 48.4 Å². The number of benzene rings is 2. The van der Waals surface area contributed by atoms with Gasteiger partial charge in [0.15, 0.2) is 0 Å². The normalized spacial score (nSPS) is 18.6. The fraction of sp³-hybridized carbons (Fsp3) is 0.481. The standard InChI is InChI=1S/C27H34N4O4S/c1-3-27(13-14-27)29-25(32)17-28-26(33)19-31(36(34)35)18-21-11-15-30(16-12-21)20(2)23-10-6-8-22-7-4-5-9-24(22)23/h1,4-10,20-21,36H,11-19H2,2H3,(H,28,33)(H,29,32). The van der Waals surface area contributed by atoms with E-state index in [0.717, 1.165) is 38.8 Å². The quantitative estimate of drug-likeness (QED) is 0.335. The maximum Gasteiger partial charge on any atom is 0.240 e. The smallest absolute Gasteiger partial charge is 0.240 e. The maximum atomic E-state index is 12.3. The lowest BCUT2D eigenvalue weighted by Gasteiger charge is -2.37. The first-order valence-corrected chi connectivity index (χ1v) is 13.6. The summed E-state index contributed by atoms with van der Waals surface area (Å²) >= 11 is 0. The first-order chi connectivity index (χ1) is 17.3. The minimum atomic E-state index is -2.91. The molecule has 0 spiro atoms. The van der Waals surface area contributed by atoms with Gasteiger partial charge in [0.25, 0.3) is 0 Å². The third-order valence-corrected chi connectivity index (χ3v) is 8.11. The lowest BCUT2D eigenvalue weighted by Crippen LogP contribution is -2.46. The van der Waals surface area contributed by atoms with Gasteiger partial charge in [0.2, 0.25) is 22.7 Å². The maximum absolute atomic E-state index is 12.3. The second-order valence-electron chi connectivity index (χ2n) is 9.86. The van der Waals surface area contributed by atoms with E-state index >= 15 is 0 Å². The van der Waals surface area contributed by atoms with Crippen LogP contribution in [-0.2, 0) is 20.5 Å². The molecule has 36 heavy (non-hydrogen) atoms. The van der Waals surface area contributed by atoms with Crippen molar-refractivity contribution in [3.8, 4) is 12.3 Å². The number of likely N-dealkylation sites (tertiary alicyclic amines) is 1. The first kappa shape index (κ1) is 26.1. The van der Waals surface area contributed by atoms with Crippen molar-refractivity contribution >= 4 is 33.5 Å². The van der Waals surface area contributed by atoms with Crippen molar-refractivity contribution in [2.24, 2.45) is 5.92 Å². The monoisotopic (exact) mass is 510 g/mol. The van der Waals surface area contributed by atoms with Crippen molar-refractivity contribution < 1.29 is 18.0 Å². The molecule has 4 rings (SSSR count). The number of carbonyl (C=O) groups excluding carboxylic acids is 2. The third-order valence-electron chi connectivity index (χ3n) is 7.35. The van der Waals surface area contributed by atoms with Gasteiger partial charge in [-0.05, 0) is 68.0 Å². The molecule has 0 aromatic heterocycles. The minimum absolute atomic E-state index is 0.176. The Morgan fingerprint density at radius 3 is 2.50 bits per heavy atom. The highest BCUT2D eigenvalue weighted by molar-refractivity contribution is 7.69. The Hall–Kier alpha value is -2.93. The molecule has 1 unspecified atom stereocenters. The Morgan fingerprint density at radius 2 is 1.83 bits per heavy atom. The number of carbonyl (C=O) groups is 2. The van der Waals surface area contributed by atoms with Crippen LogP contribution in [0.2, 0.25) is 0 Å². The van der Waals surface area contributed by atoms with Crippen LogP contribution in [0.4, 0.5) is 0 Å². The Morgan fingerprint density at radius 1 is 1.14 bits per heavy atom. The van der Waals surface area contributed by atoms with E-state index < -0.39 is 22.3 Å². The van der Waals surface area contributed by atoms with Crippen LogP contribution in [0.15, 0.2) is 42.5 Å². The summed E-state index contributed by atoms with van der Waals surface area (Å²) in [7, 11) is -2.91. The van der Waals surface area contributed by atoms with Gasteiger partial charge in [-0.25, -0.2) is 8.42 Å². The molecule has 2 aliphatic rings. The SMILES string of the molecule is C#CC1(NC(=O)CNC(=O)CN(CC2CCN(C(C)c3cccc4ccccc34)CC2)[SH](=O)=O)CC1. The first-order valence-electron chi connectivity index (χ1n) is 12.5. The number of terminal acetylenes is 1. The number of hydrogen-bond donors (Lipinski definition) is 3. The number of piperidine rings is 1. The van der Waals surface area contributed by atoms with Crippen LogP contribution in [0.5, 0.6) is 0 Å². The molecule has 2 fully saturated rings. The van der Waals surface area contributed by atoms with E-state index in [2.05, 4.69) is 64.8 Å². The molecule has 1 saturated carbocycles. The average Bonchev–Trinajstić information content (AvgIpc) is 3.66. The van der Waals surface area contributed by atoms with E-state index in [4.69, 9.17) is 6.42 Å². The number of thiol groups is 1. The zero-order valence-electron chi connectivity index (χ0n) is 20.6. The molecule has 1 saturated heterocycles. The second kappa shape index (κ2) is 11.4. The zero-order chi connectivity index (χ0) is 25.7. The Kier molecular flexibility index (Phi) is 8.29. The summed E-state index contributed by atoms with van der Waals surface area (Å²) in [5.74, 6) is 1.86. The van der Waals surface area contributed by atoms with Crippen LogP contribution in [0.3, 0.4) is 0 Å². The summed E-state index contributed by atoms with van der Waals surface area (Å²) in [4.78, 5) is 26.7. The summed E-state index contributed by atoms with van der Waals surface area (Å²) in [5.41, 5.74) is 0.720. The molecule has 2 N–H and O–H groups in total. The van der Waals surface area contributed by atoms with Gasteiger partial charge in [0.1, 0.15) is 5.54 Å². The van der Waals surface area contributed by atoms with Crippen molar-refractivity contribution in [3.63, 3.8) is 0 Å². The van der Waals surface area contributed by atoms with E-state index in [0.29, 0.717) is 6.54 Å². The lowest BCUT2D eigenvalue weighted by molar-refractivity contribution is -0.126. The molecule has 8 nitrogen and oxygen atoms in total. The molecule has 2 aromatic carbocycles. The largest absolute Gasteiger partial charge is 0.346 e. The molecule has 0 radical (unpaired) electrons. The van der Waals surface area contributed by atoms with Gasteiger partial charge >= 0.3 is 0 Å². The number of rotatable bonds is 10. The van der Waals surface area contributed by atoms with Crippen molar-refractivity contribution in [2.75, 3.05) is 32.7 Å². The van der Waals surface area contributed by atoms with Crippen LogP contribution in [0.25, 0.3) is 10.8 Å². The average molecular weight is 511 g/mol. The molecule has 1 aliphatic carbocycles. The lowest BCUT2D eigenvalue weighted by atomic mass is 9.93. The van der Waals surface area contributed by atoms with Crippen molar-refractivity contribution in [1.82, 2.24) is 19.8 Å². The Balaban J connectivity index is 1.25. The highest BCUT2D eigenvalue weighted by Gasteiger charge is 2.42. The number of hydrogen-bond acceptors (Lipinski definition) is 5. The van der Waals surface area contributed by atoms with Crippen LogP contribution in [0.1, 0.15) is 44.2 Å².